The van der Waals surface area contributed by atoms with E-state index in [9.17, 15) is 4.79 Å². The van der Waals surface area contributed by atoms with Crippen LogP contribution in [0.3, 0.4) is 0 Å². The van der Waals surface area contributed by atoms with Gasteiger partial charge in [-0.05, 0) is 47.3 Å². The number of pyridine rings is 1. The van der Waals surface area contributed by atoms with Gasteiger partial charge in [-0.15, -0.1) is 0 Å². The smallest absolute Gasteiger partial charge is 0.128 e. The van der Waals surface area contributed by atoms with E-state index in [4.69, 9.17) is 0 Å². The Kier molecular flexibility index (Phi) is 3.59. The number of piperidine rings is 1. The number of nitrogens with zero attached hydrogens (tertiary/aromatic N) is 2. The number of rotatable bonds is 2. The minimum absolute atomic E-state index is 0.243. The summed E-state index contributed by atoms with van der Waals surface area (Å²) in [5.41, 5.74) is 1.20. The summed E-state index contributed by atoms with van der Waals surface area (Å²) in [4.78, 5) is 17.3. The van der Waals surface area contributed by atoms with Crippen molar-refractivity contribution in [1.82, 2.24) is 4.98 Å². The second-order valence-corrected chi connectivity index (χ2v) is 5.11. The van der Waals surface area contributed by atoms with Gasteiger partial charge >= 0.3 is 0 Å². The van der Waals surface area contributed by atoms with Crippen molar-refractivity contribution in [2.24, 2.45) is 5.92 Å². The molecule has 1 aliphatic rings. The third-order valence-corrected chi connectivity index (χ3v) is 3.92. The number of aryl methyl sites for hydroxylation is 1. The first-order chi connectivity index (χ1) is 7.70. The Bertz CT molecular complexity index is 387. The molecule has 2 heterocycles. The van der Waals surface area contributed by atoms with Crippen molar-refractivity contribution >= 4 is 28.0 Å². The van der Waals surface area contributed by atoms with Crippen molar-refractivity contribution in [2.45, 2.75) is 19.8 Å². The third-order valence-electron chi connectivity index (χ3n) is 3.09. The summed E-state index contributed by atoms with van der Waals surface area (Å²) in [5, 5.41) is 0. The van der Waals surface area contributed by atoms with Crippen LogP contribution in [0.5, 0.6) is 0 Å². The fourth-order valence-electron chi connectivity index (χ4n) is 1.96. The highest BCUT2D eigenvalue weighted by molar-refractivity contribution is 9.10. The van der Waals surface area contributed by atoms with Gasteiger partial charge in [0.2, 0.25) is 0 Å². The van der Waals surface area contributed by atoms with Crippen molar-refractivity contribution in [3.05, 3.63) is 22.3 Å². The lowest BCUT2D eigenvalue weighted by Crippen LogP contribution is -2.34. The Morgan fingerprint density at radius 1 is 1.50 bits per heavy atom. The molecule has 16 heavy (non-hydrogen) atoms. The Labute approximate surface area is 104 Å². The normalized spacial score (nSPS) is 17.5. The number of hydrogen-bond acceptors (Lipinski definition) is 3. The Hall–Kier alpha value is -0.900. The molecule has 0 aromatic carbocycles. The van der Waals surface area contributed by atoms with Crippen LogP contribution in [0, 0.1) is 12.8 Å². The maximum Gasteiger partial charge on any atom is 0.128 e. The monoisotopic (exact) mass is 282 g/mol. The molecule has 0 amide bonds. The zero-order chi connectivity index (χ0) is 11.5. The van der Waals surface area contributed by atoms with E-state index in [2.05, 4.69) is 38.8 Å². The van der Waals surface area contributed by atoms with Crippen molar-refractivity contribution < 1.29 is 4.79 Å². The molecule has 0 aliphatic carbocycles. The minimum atomic E-state index is 0.243. The SMILES string of the molecule is Cc1cc(N2CCC(C=O)CC2)ncc1Br. The number of carbonyl (C=O) groups is 1. The van der Waals surface area contributed by atoms with Gasteiger partial charge in [-0.1, -0.05) is 0 Å². The standard InChI is InChI=1S/C12H15BrN2O/c1-9-6-12(14-7-11(9)13)15-4-2-10(8-16)3-5-15/h6-8,10H,2-5H2,1H3. The molecular weight excluding hydrogens is 268 g/mol. The van der Waals surface area contributed by atoms with Crippen LogP contribution in [-0.2, 0) is 4.79 Å². The molecule has 0 atom stereocenters. The van der Waals surface area contributed by atoms with Crippen LogP contribution >= 0.6 is 15.9 Å². The number of aldehydes is 1. The molecule has 4 heteroatoms. The predicted octanol–water partition coefficient (Wildman–Crippen LogP) is 2.57. The summed E-state index contributed by atoms with van der Waals surface area (Å²) >= 11 is 3.45. The van der Waals surface area contributed by atoms with E-state index < -0.39 is 0 Å². The number of hydrogen-bond donors (Lipinski definition) is 0. The van der Waals surface area contributed by atoms with Crippen LogP contribution in [0.2, 0.25) is 0 Å². The van der Waals surface area contributed by atoms with Crippen LogP contribution in [0.1, 0.15) is 18.4 Å². The first-order valence-corrected chi connectivity index (χ1v) is 6.32. The highest BCUT2D eigenvalue weighted by Crippen LogP contribution is 2.24. The quantitative estimate of drug-likeness (QED) is 0.782. The van der Waals surface area contributed by atoms with Crippen LogP contribution in [0.25, 0.3) is 0 Å². The van der Waals surface area contributed by atoms with Gasteiger partial charge in [-0.25, -0.2) is 4.98 Å². The minimum Gasteiger partial charge on any atom is -0.357 e. The molecule has 1 aliphatic heterocycles. The summed E-state index contributed by atoms with van der Waals surface area (Å²) in [7, 11) is 0. The Morgan fingerprint density at radius 3 is 2.75 bits per heavy atom. The van der Waals surface area contributed by atoms with Gasteiger partial charge < -0.3 is 9.69 Å². The molecule has 0 bridgehead atoms. The predicted molar refractivity (Wildman–Crippen MR) is 67.7 cm³/mol. The van der Waals surface area contributed by atoms with Crippen LogP contribution in [0.15, 0.2) is 16.7 Å². The fourth-order valence-corrected chi connectivity index (χ4v) is 2.18. The van der Waals surface area contributed by atoms with Gasteiger partial charge in [-0.3, -0.25) is 0 Å². The summed E-state index contributed by atoms with van der Waals surface area (Å²) in [6.45, 7) is 3.92. The molecule has 0 radical (unpaired) electrons. The van der Waals surface area contributed by atoms with E-state index >= 15 is 0 Å². The molecule has 2 rings (SSSR count). The summed E-state index contributed by atoms with van der Waals surface area (Å²) in [5.74, 6) is 1.26. The molecule has 1 aromatic heterocycles. The van der Waals surface area contributed by atoms with Gasteiger partial charge in [0.1, 0.15) is 12.1 Å². The molecule has 1 saturated heterocycles. The Morgan fingerprint density at radius 2 is 2.19 bits per heavy atom. The zero-order valence-electron chi connectivity index (χ0n) is 9.32. The number of anilines is 1. The summed E-state index contributed by atoms with van der Waals surface area (Å²) in [6.07, 6.45) is 4.81. The third kappa shape index (κ3) is 2.43. The average molecular weight is 283 g/mol. The molecule has 86 valence electrons. The first kappa shape index (κ1) is 11.6. The second kappa shape index (κ2) is 4.95. The van der Waals surface area contributed by atoms with Gasteiger partial charge in [0, 0.05) is 29.7 Å². The average Bonchev–Trinajstić information content (AvgIpc) is 2.33. The van der Waals surface area contributed by atoms with Crippen LogP contribution in [0.4, 0.5) is 5.82 Å². The van der Waals surface area contributed by atoms with Gasteiger partial charge in [0.25, 0.3) is 0 Å². The molecule has 0 N–H and O–H groups in total. The molecular formula is C12H15BrN2O. The summed E-state index contributed by atoms with van der Waals surface area (Å²) in [6, 6.07) is 2.09. The zero-order valence-corrected chi connectivity index (χ0v) is 10.9. The van der Waals surface area contributed by atoms with Gasteiger partial charge in [0.05, 0.1) is 0 Å². The lowest BCUT2D eigenvalue weighted by atomic mass is 9.98. The van der Waals surface area contributed by atoms with Crippen molar-refractivity contribution in [3.63, 3.8) is 0 Å². The first-order valence-electron chi connectivity index (χ1n) is 5.53. The fraction of sp³-hybridized carbons (Fsp3) is 0.500. The van der Waals surface area contributed by atoms with E-state index in [1.54, 1.807) is 0 Å². The molecule has 0 spiro atoms. The maximum absolute atomic E-state index is 10.7. The molecule has 3 nitrogen and oxygen atoms in total. The van der Waals surface area contributed by atoms with E-state index in [1.807, 2.05) is 6.20 Å². The molecule has 1 aromatic rings. The van der Waals surface area contributed by atoms with E-state index in [1.165, 1.54) is 5.56 Å². The maximum atomic E-state index is 10.7. The van der Waals surface area contributed by atoms with Crippen molar-refractivity contribution in [3.8, 4) is 0 Å². The molecule has 0 saturated carbocycles. The highest BCUT2D eigenvalue weighted by atomic mass is 79.9. The number of halogens is 1. The van der Waals surface area contributed by atoms with Crippen LogP contribution in [-0.4, -0.2) is 24.4 Å². The highest BCUT2D eigenvalue weighted by Gasteiger charge is 2.19. The molecule has 1 fully saturated rings. The van der Waals surface area contributed by atoms with Crippen molar-refractivity contribution in [1.29, 1.82) is 0 Å². The largest absolute Gasteiger partial charge is 0.357 e. The van der Waals surface area contributed by atoms with Gasteiger partial charge in [0.15, 0.2) is 0 Å². The van der Waals surface area contributed by atoms with E-state index in [-0.39, 0.29) is 5.92 Å². The van der Waals surface area contributed by atoms with Crippen LogP contribution < -0.4 is 4.90 Å². The topological polar surface area (TPSA) is 33.2 Å². The van der Waals surface area contributed by atoms with Gasteiger partial charge in [-0.2, -0.15) is 0 Å². The van der Waals surface area contributed by atoms with E-state index in [0.29, 0.717) is 0 Å². The Balaban J connectivity index is 2.08. The summed E-state index contributed by atoms with van der Waals surface area (Å²) < 4.78 is 1.04. The number of aromatic nitrogens is 1. The van der Waals surface area contributed by atoms with E-state index in [0.717, 1.165) is 42.5 Å². The lowest BCUT2D eigenvalue weighted by molar-refractivity contribution is -0.111. The molecule has 0 unspecified atom stereocenters. The number of carbonyl (C=O) groups excluding carboxylic acids is 1. The lowest BCUT2D eigenvalue weighted by Gasteiger charge is -2.30. The van der Waals surface area contributed by atoms with Crippen molar-refractivity contribution in [2.75, 3.05) is 18.0 Å². The second-order valence-electron chi connectivity index (χ2n) is 4.25.